The Balaban J connectivity index is 1.90. The molecule has 1 aliphatic heterocycles. The van der Waals surface area contributed by atoms with Gasteiger partial charge in [0.2, 0.25) is 9.84 Å². The molecule has 1 aliphatic rings. The summed E-state index contributed by atoms with van der Waals surface area (Å²) in [5.74, 6) is 1.38. The maximum absolute atomic E-state index is 13.6. The Morgan fingerprint density at radius 1 is 1.00 bits per heavy atom. The molecule has 0 amide bonds. The lowest BCUT2D eigenvalue weighted by Crippen LogP contribution is -2.40. The molecule has 0 spiro atoms. The Bertz CT molecular complexity index is 1300. The van der Waals surface area contributed by atoms with Crippen LogP contribution in [0.15, 0.2) is 47.4 Å². The van der Waals surface area contributed by atoms with E-state index in [0.29, 0.717) is 28.7 Å². The molecular formula is C25H28N4O2S. The Morgan fingerprint density at radius 2 is 1.62 bits per heavy atom. The molecule has 0 bridgehead atoms. The lowest BCUT2D eigenvalue weighted by Gasteiger charge is -2.36. The summed E-state index contributed by atoms with van der Waals surface area (Å²) in [5, 5.41) is 8.64. The van der Waals surface area contributed by atoms with Gasteiger partial charge in [-0.1, -0.05) is 32.0 Å². The average molecular weight is 449 g/mol. The first kappa shape index (κ1) is 22.2. The highest BCUT2D eigenvalue weighted by Crippen LogP contribution is 2.36. The van der Waals surface area contributed by atoms with Crippen molar-refractivity contribution in [1.29, 1.82) is 5.26 Å². The topological polar surface area (TPSA) is 86.9 Å². The molecule has 0 saturated carbocycles. The number of anilines is 1. The molecule has 32 heavy (non-hydrogen) atoms. The molecule has 1 aromatic heterocycles. The summed E-state index contributed by atoms with van der Waals surface area (Å²) in [5.41, 5.74) is 3.36. The number of nitrogens with zero attached hydrogens (tertiary/aromatic N) is 4. The van der Waals surface area contributed by atoms with Gasteiger partial charge in [0.25, 0.3) is 0 Å². The largest absolute Gasteiger partial charge is 0.354 e. The summed E-state index contributed by atoms with van der Waals surface area (Å²) < 4.78 is 27.2. The van der Waals surface area contributed by atoms with Crippen molar-refractivity contribution in [2.24, 2.45) is 11.8 Å². The van der Waals surface area contributed by atoms with Crippen LogP contribution in [0, 0.1) is 37.0 Å². The molecule has 7 heteroatoms. The molecule has 166 valence electrons. The van der Waals surface area contributed by atoms with Gasteiger partial charge in [-0.25, -0.2) is 18.4 Å². The normalized spacial score (nSPS) is 20.2. The fourth-order valence-electron chi connectivity index (χ4n) is 4.55. The second-order valence-electron chi connectivity index (χ2n) is 9.07. The maximum atomic E-state index is 13.6. The molecule has 0 aliphatic carbocycles. The van der Waals surface area contributed by atoms with Crippen molar-refractivity contribution in [1.82, 2.24) is 9.97 Å². The molecule has 4 rings (SSSR count). The standard InChI is InChI=1S/C25H28N4O2S/c1-16-11-17(2)15-29(14-16)25-24(27-21-7-5-6-8-22(21)28-25)23(13-26)32(30,31)20-10-9-18(3)19(4)12-20/h5-10,12,16-17,23H,11,14-15H2,1-4H3/t16-,17-,23-/m0/s1. The Hall–Kier alpha value is -2.98. The monoisotopic (exact) mass is 448 g/mol. The summed E-state index contributed by atoms with van der Waals surface area (Å²) in [6.45, 7) is 9.68. The zero-order chi connectivity index (χ0) is 23.0. The van der Waals surface area contributed by atoms with Gasteiger partial charge < -0.3 is 4.90 Å². The summed E-state index contributed by atoms with van der Waals surface area (Å²) in [6.07, 6.45) is 1.11. The van der Waals surface area contributed by atoms with E-state index in [4.69, 9.17) is 9.97 Å². The SMILES string of the molecule is Cc1ccc(S(=O)(=O)[C@@H](C#N)c2nc3ccccc3nc2N2C[C@@H](C)C[C@H](C)C2)cc1C. The van der Waals surface area contributed by atoms with Crippen LogP contribution in [0.5, 0.6) is 0 Å². The van der Waals surface area contributed by atoms with E-state index in [-0.39, 0.29) is 10.6 Å². The van der Waals surface area contributed by atoms with Crippen LogP contribution in [0.25, 0.3) is 11.0 Å². The Kier molecular flexibility index (Phi) is 5.91. The number of para-hydroxylation sites is 2. The second kappa shape index (κ2) is 8.51. The van der Waals surface area contributed by atoms with Crippen LogP contribution in [-0.4, -0.2) is 31.5 Å². The molecule has 6 nitrogen and oxygen atoms in total. The molecule has 1 saturated heterocycles. The number of nitriles is 1. The molecule has 2 heterocycles. The van der Waals surface area contributed by atoms with E-state index in [0.717, 1.165) is 30.6 Å². The quantitative estimate of drug-likeness (QED) is 0.571. The van der Waals surface area contributed by atoms with Gasteiger partial charge in [0.1, 0.15) is 5.69 Å². The minimum Gasteiger partial charge on any atom is -0.354 e. The number of sulfone groups is 1. The highest BCUT2D eigenvalue weighted by atomic mass is 32.2. The van der Waals surface area contributed by atoms with Gasteiger partial charge >= 0.3 is 0 Å². The third-order valence-corrected chi connectivity index (χ3v) is 8.09. The number of hydrogen-bond acceptors (Lipinski definition) is 6. The third kappa shape index (κ3) is 4.07. The first-order valence-corrected chi connectivity index (χ1v) is 12.5. The Morgan fingerprint density at radius 3 is 2.22 bits per heavy atom. The fraction of sp³-hybridized carbons (Fsp3) is 0.400. The van der Waals surface area contributed by atoms with Gasteiger partial charge in [0.05, 0.1) is 22.0 Å². The van der Waals surface area contributed by atoms with Gasteiger partial charge in [0, 0.05) is 13.1 Å². The number of rotatable bonds is 4. The number of benzene rings is 2. The molecule has 2 aromatic carbocycles. The molecule has 1 fully saturated rings. The average Bonchev–Trinajstić information content (AvgIpc) is 2.74. The number of fused-ring (bicyclic) bond motifs is 1. The molecule has 0 radical (unpaired) electrons. The summed E-state index contributed by atoms with van der Waals surface area (Å²) in [4.78, 5) is 11.8. The maximum Gasteiger partial charge on any atom is 0.200 e. The van der Waals surface area contributed by atoms with Gasteiger partial charge in [-0.15, -0.1) is 0 Å². The number of hydrogen-bond donors (Lipinski definition) is 0. The van der Waals surface area contributed by atoms with Crippen LogP contribution >= 0.6 is 0 Å². The Labute approximate surface area is 189 Å². The lowest BCUT2D eigenvalue weighted by molar-refractivity contribution is 0.355. The van der Waals surface area contributed by atoms with Crippen LogP contribution in [0.3, 0.4) is 0 Å². The molecule has 3 aromatic rings. The van der Waals surface area contributed by atoms with Crippen molar-refractivity contribution >= 4 is 26.7 Å². The van der Waals surface area contributed by atoms with Crippen LogP contribution in [0.1, 0.15) is 42.3 Å². The minimum atomic E-state index is -3.99. The van der Waals surface area contributed by atoms with E-state index < -0.39 is 15.1 Å². The van der Waals surface area contributed by atoms with Crippen molar-refractivity contribution in [2.45, 2.75) is 44.3 Å². The van der Waals surface area contributed by atoms with Gasteiger partial charge in [-0.3, -0.25) is 0 Å². The van der Waals surface area contributed by atoms with E-state index in [1.165, 1.54) is 0 Å². The van der Waals surface area contributed by atoms with Gasteiger partial charge in [0.15, 0.2) is 11.1 Å². The first-order valence-electron chi connectivity index (χ1n) is 10.9. The van der Waals surface area contributed by atoms with Crippen molar-refractivity contribution in [3.63, 3.8) is 0 Å². The predicted octanol–water partition coefficient (Wildman–Crippen LogP) is 4.77. The smallest absolute Gasteiger partial charge is 0.200 e. The third-order valence-electron chi connectivity index (χ3n) is 6.23. The fourth-order valence-corrected chi connectivity index (χ4v) is 6.02. The van der Waals surface area contributed by atoms with Gasteiger partial charge in [-0.05, 0) is 67.5 Å². The van der Waals surface area contributed by atoms with E-state index in [9.17, 15) is 13.7 Å². The molecular weight excluding hydrogens is 420 g/mol. The summed E-state index contributed by atoms with van der Waals surface area (Å²) in [7, 11) is -3.99. The second-order valence-corrected chi connectivity index (χ2v) is 11.1. The van der Waals surface area contributed by atoms with Crippen LogP contribution in [-0.2, 0) is 9.84 Å². The predicted molar refractivity (Wildman–Crippen MR) is 126 cm³/mol. The first-order chi connectivity index (χ1) is 15.2. The summed E-state index contributed by atoms with van der Waals surface area (Å²) >= 11 is 0. The number of aromatic nitrogens is 2. The van der Waals surface area contributed by atoms with E-state index >= 15 is 0 Å². The van der Waals surface area contributed by atoms with Crippen LogP contribution in [0.4, 0.5) is 5.82 Å². The van der Waals surface area contributed by atoms with Crippen LogP contribution < -0.4 is 4.90 Å². The zero-order valence-electron chi connectivity index (χ0n) is 18.9. The van der Waals surface area contributed by atoms with E-state index in [2.05, 4.69) is 18.7 Å². The van der Waals surface area contributed by atoms with E-state index in [1.807, 2.05) is 38.1 Å². The van der Waals surface area contributed by atoms with Crippen LogP contribution in [0.2, 0.25) is 0 Å². The number of aryl methyl sites for hydroxylation is 2. The highest BCUT2D eigenvalue weighted by molar-refractivity contribution is 7.92. The van der Waals surface area contributed by atoms with Gasteiger partial charge in [-0.2, -0.15) is 5.26 Å². The minimum absolute atomic E-state index is 0.133. The van der Waals surface area contributed by atoms with Crippen molar-refractivity contribution in [2.75, 3.05) is 18.0 Å². The molecule has 3 atom stereocenters. The summed E-state index contributed by atoms with van der Waals surface area (Å²) in [6, 6.07) is 14.4. The van der Waals surface area contributed by atoms with Crippen molar-refractivity contribution in [3.8, 4) is 6.07 Å². The van der Waals surface area contributed by atoms with E-state index in [1.54, 1.807) is 24.3 Å². The van der Waals surface area contributed by atoms with Crippen molar-refractivity contribution in [3.05, 3.63) is 59.3 Å². The molecule has 0 N–H and O–H groups in total. The molecule has 0 unspecified atom stereocenters. The van der Waals surface area contributed by atoms with Crippen molar-refractivity contribution < 1.29 is 8.42 Å². The lowest BCUT2D eigenvalue weighted by atomic mass is 9.92. The zero-order valence-corrected chi connectivity index (χ0v) is 19.7. The highest BCUT2D eigenvalue weighted by Gasteiger charge is 2.36. The number of piperidine rings is 1.